The van der Waals surface area contributed by atoms with Gasteiger partial charge in [-0.1, -0.05) is 23.8 Å². The van der Waals surface area contributed by atoms with Gasteiger partial charge >= 0.3 is 0 Å². The molecule has 0 bridgehead atoms. The van der Waals surface area contributed by atoms with Crippen molar-refractivity contribution in [1.82, 2.24) is 0 Å². The Kier molecular flexibility index (Phi) is 6.04. The third-order valence-corrected chi connectivity index (χ3v) is 5.21. The van der Waals surface area contributed by atoms with Crippen LogP contribution in [0.1, 0.15) is 15.9 Å². The molecule has 1 amide bonds. The topological polar surface area (TPSA) is 87.0 Å². The maximum Gasteiger partial charge on any atom is 0.255 e. The Morgan fingerprint density at radius 3 is 2.24 bits per heavy atom. The molecule has 0 unspecified atom stereocenters. The van der Waals surface area contributed by atoms with Gasteiger partial charge in [0, 0.05) is 22.9 Å². The van der Waals surface area contributed by atoms with Crippen LogP contribution >= 0.6 is 0 Å². The van der Waals surface area contributed by atoms with Crippen LogP contribution in [0.3, 0.4) is 0 Å². The molecule has 3 aromatic carbocycles. The van der Waals surface area contributed by atoms with Crippen LogP contribution < -0.4 is 25.0 Å². The summed E-state index contributed by atoms with van der Waals surface area (Å²) in [6.07, 6.45) is 0. The number of nitrogens with one attached hydrogen (secondary N) is 1. The highest BCUT2D eigenvalue weighted by atomic mass is 16.5. The summed E-state index contributed by atoms with van der Waals surface area (Å²) in [6, 6.07) is 17.3. The lowest BCUT2D eigenvalue weighted by Gasteiger charge is -2.14. The van der Waals surface area contributed by atoms with Crippen molar-refractivity contribution in [3.63, 3.8) is 0 Å². The van der Waals surface area contributed by atoms with Gasteiger partial charge in [-0.05, 0) is 43.3 Å². The smallest absolute Gasteiger partial charge is 0.255 e. The Hall–Kier alpha value is -4.26. The van der Waals surface area contributed by atoms with Crippen molar-refractivity contribution in [3.8, 4) is 28.6 Å². The van der Waals surface area contributed by atoms with Crippen LogP contribution in [0.15, 0.2) is 69.9 Å². The average Bonchev–Trinajstić information content (AvgIpc) is 2.83. The van der Waals surface area contributed by atoms with Crippen molar-refractivity contribution >= 4 is 22.6 Å². The summed E-state index contributed by atoms with van der Waals surface area (Å²) in [4.78, 5) is 25.7. The van der Waals surface area contributed by atoms with Gasteiger partial charge in [-0.2, -0.15) is 0 Å². The van der Waals surface area contributed by atoms with Crippen LogP contribution in [0.2, 0.25) is 0 Å². The van der Waals surface area contributed by atoms with Gasteiger partial charge < -0.3 is 23.9 Å². The lowest BCUT2D eigenvalue weighted by molar-refractivity contribution is 0.102. The van der Waals surface area contributed by atoms with Crippen molar-refractivity contribution in [1.29, 1.82) is 0 Å². The van der Waals surface area contributed by atoms with Crippen LogP contribution in [0, 0.1) is 6.92 Å². The maximum absolute atomic E-state index is 12.9. The lowest BCUT2D eigenvalue weighted by atomic mass is 10.1. The van der Waals surface area contributed by atoms with Crippen LogP contribution in [-0.4, -0.2) is 27.2 Å². The number of hydrogen-bond donors (Lipinski definition) is 1. The predicted octanol–water partition coefficient (Wildman–Crippen LogP) is 5.05. The molecular weight excluding hydrogens is 422 g/mol. The second-order valence-electron chi connectivity index (χ2n) is 7.42. The first-order valence-electron chi connectivity index (χ1n) is 10.2. The molecule has 0 atom stereocenters. The first-order valence-corrected chi connectivity index (χ1v) is 10.2. The van der Waals surface area contributed by atoms with E-state index in [9.17, 15) is 9.59 Å². The second-order valence-corrected chi connectivity index (χ2v) is 7.42. The van der Waals surface area contributed by atoms with E-state index in [-0.39, 0.29) is 5.43 Å². The molecule has 7 heteroatoms. The SMILES string of the molecule is COc1cc(C(=O)Nc2ccc3oc(-c4cccc(C)c4)cc(=O)c3c2)cc(OC)c1OC. The van der Waals surface area contributed by atoms with E-state index in [0.717, 1.165) is 11.1 Å². The van der Waals surface area contributed by atoms with E-state index in [4.69, 9.17) is 18.6 Å². The molecule has 0 radical (unpaired) electrons. The third-order valence-electron chi connectivity index (χ3n) is 5.21. The zero-order chi connectivity index (χ0) is 23.5. The fourth-order valence-electron chi connectivity index (χ4n) is 3.59. The maximum atomic E-state index is 12.9. The lowest BCUT2D eigenvalue weighted by Crippen LogP contribution is -2.13. The van der Waals surface area contributed by atoms with Crippen molar-refractivity contribution in [2.24, 2.45) is 0 Å². The molecule has 0 spiro atoms. The number of anilines is 1. The summed E-state index contributed by atoms with van der Waals surface area (Å²) < 4.78 is 21.9. The zero-order valence-electron chi connectivity index (χ0n) is 18.7. The minimum atomic E-state index is -0.394. The molecule has 33 heavy (non-hydrogen) atoms. The minimum absolute atomic E-state index is 0.198. The van der Waals surface area contributed by atoms with E-state index in [1.807, 2.05) is 31.2 Å². The van der Waals surface area contributed by atoms with Crippen molar-refractivity contribution in [2.45, 2.75) is 6.92 Å². The zero-order valence-corrected chi connectivity index (χ0v) is 18.7. The predicted molar refractivity (Wildman–Crippen MR) is 127 cm³/mol. The standard InChI is InChI=1S/C26H23NO6/c1-15-6-5-7-16(10-15)22-14-20(28)19-13-18(8-9-21(19)33-22)27-26(29)17-11-23(30-2)25(32-4)24(12-17)31-3/h5-14H,1-4H3,(H,27,29). The summed E-state index contributed by atoms with van der Waals surface area (Å²) in [5.74, 6) is 1.22. The molecule has 0 aliphatic carbocycles. The number of rotatable bonds is 6. The highest BCUT2D eigenvalue weighted by molar-refractivity contribution is 6.05. The number of methoxy groups -OCH3 is 3. The number of benzene rings is 3. The Labute approximate surface area is 190 Å². The molecule has 1 heterocycles. The fourth-order valence-corrected chi connectivity index (χ4v) is 3.59. The molecule has 168 valence electrons. The van der Waals surface area contributed by atoms with E-state index in [1.54, 1.807) is 30.3 Å². The summed E-state index contributed by atoms with van der Waals surface area (Å²) in [5.41, 5.74) is 2.90. The van der Waals surface area contributed by atoms with Crippen LogP contribution in [-0.2, 0) is 0 Å². The van der Waals surface area contributed by atoms with Crippen LogP contribution in [0.5, 0.6) is 17.2 Å². The van der Waals surface area contributed by atoms with Gasteiger partial charge in [0.2, 0.25) is 5.75 Å². The third kappa shape index (κ3) is 4.39. The molecule has 1 aromatic heterocycles. The highest BCUT2D eigenvalue weighted by Gasteiger charge is 2.17. The van der Waals surface area contributed by atoms with Crippen molar-refractivity contribution in [2.75, 3.05) is 26.6 Å². The van der Waals surface area contributed by atoms with E-state index in [2.05, 4.69) is 5.32 Å². The monoisotopic (exact) mass is 445 g/mol. The summed E-state index contributed by atoms with van der Waals surface area (Å²) in [6.45, 7) is 1.98. The van der Waals surface area contributed by atoms with E-state index >= 15 is 0 Å². The number of ether oxygens (including phenoxy) is 3. The van der Waals surface area contributed by atoms with Gasteiger partial charge in [0.25, 0.3) is 5.91 Å². The second kappa shape index (κ2) is 9.08. The van der Waals surface area contributed by atoms with Crippen molar-refractivity contribution in [3.05, 3.63) is 82.0 Å². The first kappa shape index (κ1) is 22.0. The average molecular weight is 445 g/mol. The van der Waals surface area contributed by atoms with Crippen molar-refractivity contribution < 1.29 is 23.4 Å². The summed E-state index contributed by atoms with van der Waals surface area (Å²) in [7, 11) is 4.45. The van der Waals surface area contributed by atoms with Gasteiger partial charge in [-0.25, -0.2) is 0 Å². The molecule has 0 fully saturated rings. The quantitative estimate of drug-likeness (QED) is 0.447. The number of carbonyl (C=O) groups is 1. The molecule has 0 aliphatic rings. The molecular formula is C26H23NO6. The normalized spacial score (nSPS) is 10.7. The largest absolute Gasteiger partial charge is 0.493 e. The number of aryl methyl sites for hydroxylation is 1. The van der Waals surface area contributed by atoms with Gasteiger partial charge in [0.05, 0.1) is 26.7 Å². The Balaban J connectivity index is 1.66. The number of hydrogen-bond acceptors (Lipinski definition) is 6. The van der Waals surface area contributed by atoms with Crippen LogP contribution in [0.4, 0.5) is 5.69 Å². The Morgan fingerprint density at radius 1 is 0.879 bits per heavy atom. The van der Waals surface area contributed by atoms with Crippen LogP contribution in [0.25, 0.3) is 22.3 Å². The molecule has 1 N–H and O–H groups in total. The highest BCUT2D eigenvalue weighted by Crippen LogP contribution is 2.38. The van der Waals surface area contributed by atoms with E-state index in [0.29, 0.717) is 45.2 Å². The van der Waals surface area contributed by atoms with Gasteiger partial charge in [0.1, 0.15) is 11.3 Å². The Morgan fingerprint density at radius 2 is 1.61 bits per heavy atom. The number of amides is 1. The first-order chi connectivity index (χ1) is 15.9. The van der Waals surface area contributed by atoms with Gasteiger partial charge in [-0.15, -0.1) is 0 Å². The van der Waals surface area contributed by atoms with E-state index in [1.165, 1.54) is 27.4 Å². The number of carbonyl (C=O) groups excluding carboxylic acids is 1. The van der Waals surface area contributed by atoms with Gasteiger partial charge in [-0.3, -0.25) is 9.59 Å². The molecule has 7 nitrogen and oxygen atoms in total. The Bertz CT molecular complexity index is 1380. The fraction of sp³-hybridized carbons (Fsp3) is 0.154. The molecule has 4 rings (SSSR count). The number of fused-ring (bicyclic) bond motifs is 1. The molecule has 0 aliphatic heterocycles. The van der Waals surface area contributed by atoms with E-state index < -0.39 is 5.91 Å². The minimum Gasteiger partial charge on any atom is -0.493 e. The summed E-state index contributed by atoms with van der Waals surface area (Å²) >= 11 is 0. The summed E-state index contributed by atoms with van der Waals surface area (Å²) in [5, 5.41) is 3.17. The van der Waals surface area contributed by atoms with Gasteiger partial charge in [0.15, 0.2) is 16.9 Å². The molecule has 0 saturated carbocycles. The molecule has 0 saturated heterocycles. The molecule has 4 aromatic rings.